The van der Waals surface area contributed by atoms with Gasteiger partial charge in [0.1, 0.15) is 0 Å². The maximum Gasteiger partial charge on any atom is 0.0462 e. The van der Waals surface area contributed by atoms with Crippen molar-refractivity contribution in [3.8, 4) is 0 Å². The minimum Gasteiger partial charge on any atom is -0.396 e. The molecular weight excluding hydrogens is 138 g/mol. The van der Waals surface area contributed by atoms with Gasteiger partial charge in [-0.25, -0.2) is 0 Å². The van der Waals surface area contributed by atoms with Crippen LogP contribution in [0.2, 0.25) is 0 Å². The van der Waals surface area contributed by atoms with Crippen LogP contribution in [0, 0.1) is 17.8 Å². The van der Waals surface area contributed by atoms with Gasteiger partial charge in [-0.1, -0.05) is 0 Å². The van der Waals surface area contributed by atoms with Crippen LogP contribution in [0.1, 0.15) is 12.8 Å². The molecule has 1 N–H and O–H groups in total. The number of aliphatic hydroxyl groups is 1. The van der Waals surface area contributed by atoms with Gasteiger partial charge in [0.15, 0.2) is 0 Å². The van der Waals surface area contributed by atoms with E-state index in [0.29, 0.717) is 12.5 Å². The van der Waals surface area contributed by atoms with E-state index in [2.05, 4.69) is 11.9 Å². The Kier molecular flexibility index (Phi) is 1.90. The molecule has 11 heavy (non-hydrogen) atoms. The summed E-state index contributed by atoms with van der Waals surface area (Å²) in [6.07, 6.45) is 2.61. The lowest BCUT2D eigenvalue weighted by Crippen LogP contribution is -2.20. The lowest BCUT2D eigenvalue weighted by molar-refractivity contribution is 0.187. The zero-order valence-corrected chi connectivity index (χ0v) is 7.16. The van der Waals surface area contributed by atoms with E-state index in [1.807, 2.05) is 0 Å². The Bertz CT molecular complexity index is 146. The summed E-state index contributed by atoms with van der Waals surface area (Å²) in [4.78, 5) is 2.40. The fourth-order valence-electron chi connectivity index (χ4n) is 2.83. The molecule has 1 saturated heterocycles. The first-order valence-electron chi connectivity index (χ1n) is 4.60. The second-order valence-corrected chi connectivity index (χ2v) is 4.17. The molecule has 0 radical (unpaired) electrons. The standard InChI is InChI=1S/C9H17NO/c1-10-4-7-2-3-8(6-11)9(7)5-10/h7-9,11H,2-6H2,1H3. The number of fused-ring (bicyclic) bond motifs is 1. The molecule has 3 atom stereocenters. The van der Waals surface area contributed by atoms with Crippen LogP contribution < -0.4 is 0 Å². The summed E-state index contributed by atoms with van der Waals surface area (Å²) in [6.45, 7) is 2.89. The van der Waals surface area contributed by atoms with Crippen molar-refractivity contribution in [3.05, 3.63) is 0 Å². The molecule has 0 amide bonds. The van der Waals surface area contributed by atoms with E-state index in [-0.39, 0.29) is 0 Å². The quantitative estimate of drug-likeness (QED) is 0.598. The molecule has 64 valence electrons. The maximum atomic E-state index is 9.08. The number of hydrogen-bond donors (Lipinski definition) is 1. The molecule has 0 aromatic carbocycles. The lowest BCUT2D eigenvalue weighted by atomic mass is 9.93. The second kappa shape index (κ2) is 2.76. The van der Waals surface area contributed by atoms with Crippen molar-refractivity contribution in [2.45, 2.75) is 12.8 Å². The molecule has 0 bridgehead atoms. The highest BCUT2D eigenvalue weighted by atomic mass is 16.3. The van der Waals surface area contributed by atoms with Gasteiger partial charge < -0.3 is 10.0 Å². The highest BCUT2D eigenvalue weighted by Gasteiger charge is 2.40. The van der Waals surface area contributed by atoms with E-state index in [4.69, 9.17) is 5.11 Å². The summed E-state index contributed by atoms with van der Waals surface area (Å²) >= 11 is 0. The number of likely N-dealkylation sites (tertiary alicyclic amines) is 1. The molecule has 0 spiro atoms. The van der Waals surface area contributed by atoms with Gasteiger partial charge in [0.05, 0.1) is 0 Å². The van der Waals surface area contributed by atoms with Gasteiger partial charge in [-0.05, 0) is 37.6 Å². The summed E-state index contributed by atoms with van der Waals surface area (Å²) < 4.78 is 0. The molecular formula is C9H17NO. The molecule has 1 aliphatic heterocycles. The van der Waals surface area contributed by atoms with E-state index >= 15 is 0 Å². The third-order valence-electron chi connectivity index (χ3n) is 3.42. The Balaban J connectivity index is 2.01. The molecule has 2 nitrogen and oxygen atoms in total. The first-order valence-corrected chi connectivity index (χ1v) is 4.60. The van der Waals surface area contributed by atoms with Crippen LogP contribution in [-0.2, 0) is 0 Å². The van der Waals surface area contributed by atoms with Crippen molar-refractivity contribution in [2.24, 2.45) is 17.8 Å². The van der Waals surface area contributed by atoms with E-state index < -0.39 is 0 Å². The third kappa shape index (κ3) is 1.18. The zero-order chi connectivity index (χ0) is 7.84. The molecule has 1 saturated carbocycles. The molecule has 3 unspecified atom stereocenters. The summed E-state index contributed by atoms with van der Waals surface area (Å²) in [6, 6.07) is 0. The normalized spacial score (nSPS) is 44.7. The zero-order valence-electron chi connectivity index (χ0n) is 7.16. The van der Waals surface area contributed by atoms with Crippen LogP contribution in [0.3, 0.4) is 0 Å². The fraction of sp³-hybridized carbons (Fsp3) is 1.00. The second-order valence-electron chi connectivity index (χ2n) is 4.17. The highest BCUT2D eigenvalue weighted by molar-refractivity contribution is 4.92. The van der Waals surface area contributed by atoms with Gasteiger partial charge in [0.2, 0.25) is 0 Å². The summed E-state index contributed by atoms with van der Waals surface area (Å²) in [5.74, 6) is 2.33. The van der Waals surface area contributed by atoms with Crippen molar-refractivity contribution in [3.63, 3.8) is 0 Å². The fourth-order valence-corrected chi connectivity index (χ4v) is 2.83. The van der Waals surface area contributed by atoms with E-state index in [1.165, 1.54) is 25.9 Å². The predicted octanol–water partition coefficient (Wildman–Crippen LogP) is 0.567. The summed E-state index contributed by atoms with van der Waals surface area (Å²) in [5, 5.41) is 9.08. The van der Waals surface area contributed by atoms with Crippen LogP contribution in [0.25, 0.3) is 0 Å². The van der Waals surface area contributed by atoms with Crippen molar-refractivity contribution in [1.82, 2.24) is 4.90 Å². The van der Waals surface area contributed by atoms with Gasteiger partial charge in [-0.3, -0.25) is 0 Å². The topological polar surface area (TPSA) is 23.5 Å². The third-order valence-corrected chi connectivity index (χ3v) is 3.42. The Morgan fingerprint density at radius 1 is 1.36 bits per heavy atom. The first-order chi connectivity index (χ1) is 5.31. The first kappa shape index (κ1) is 7.56. The Labute approximate surface area is 68.2 Å². The maximum absolute atomic E-state index is 9.08. The van der Waals surface area contributed by atoms with Crippen molar-refractivity contribution < 1.29 is 5.11 Å². The van der Waals surface area contributed by atoms with Crippen molar-refractivity contribution in [2.75, 3.05) is 26.7 Å². The van der Waals surface area contributed by atoms with Gasteiger partial charge >= 0.3 is 0 Å². The molecule has 1 heterocycles. The van der Waals surface area contributed by atoms with E-state index in [1.54, 1.807) is 0 Å². The van der Waals surface area contributed by atoms with Gasteiger partial charge in [-0.15, -0.1) is 0 Å². The van der Waals surface area contributed by atoms with Crippen LogP contribution >= 0.6 is 0 Å². The van der Waals surface area contributed by atoms with Gasteiger partial charge in [0, 0.05) is 19.7 Å². The molecule has 2 fully saturated rings. The minimum atomic E-state index is 0.412. The minimum absolute atomic E-state index is 0.412. The van der Waals surface area contributed by atoms with Crippen LogP contribution in [0.4, 0.5) is 0 Å². The van der Waals surface area contributed by atoms with Crippen molar-refractivity contribution >= 4 is 0 Å². The average molecular weight is 155 g/mol. The largest absolute Gasteiger partial charge is 0.396 e. The Hall–Kier alpha value is -0.0800. The van der Waals surface area contributed by atoms with E-state index in [9.17, 15) is 0 Å². The number of hydrogen-bond acceptors (Lipinski definition) is 2. The average Bonchev–Trinajstić information content (AvgIpc) is 2.45. The number of aliphatic hydroxyl groups excluding tert-OH is 1. The monoisotopic (exact) mass is 155 g/mol. The highest BCUT2D eigenvalue weighted by Crippen LogP contribution is 2.41. The summed E-state index contributed by atoms with van der Waals surface area (Å²) in [7, 11) is 2.19. The Morgan fingerprint density at radius 2 is 2.18 bits per heavy atom. The molecule has 2 rings (SSSR count). The van der Waals surface area contributed by atoms with Crippen LogP contribution in [-0.4, -0.2) is 36.8 Å². The lowest BCUT2D eigenvalue weighted by Gasteiger charge is -2.15. The van der Waals surface area contributed by atoms with Crippen LogP contribution in [0.15, 0.2) is 0 Å². The smallest absolute Gasteiger partial charge is 0.0462 e. The number of nitrogens with zero attached hydrogens (tertiary/aromatic N) is 1. The molecule has 1 aliphatic carbocycles. The van der Waals surface area contributed by atoms with Gasteiger partial charge in [-0.2, -0.15) is 0 Å². The SMILES string of the molecule is CN1CC2CCC(CO)C2C1. The molecule has 2 heteroatoms. The van der Waals surface area contributed by atoms with E-state index in [0.717, 1.165) is 11.8 Å². The molecule has 0 aromatic rings. The predicted molar refractivity (Wildman–Crippen MR) is 44.3 cm³/mol. The van der Waals surface area contributed by atoms with Crippen LogP contribution in [0.5, 0.6) is 0 Å². The molecule has 2 aliphatic rings. The van der Waals surface area contributed by atoms with Gasteiger partial charge in [0.25, 0.3) is 0 Å². The Morgan fingerprint density at radius 3 is 2.91 bits per heavy atom. The number of rotatable bonds is 1. The summed E-state index contributed by atoms with van der Waals surface area (Å²) in [5.41, 5.74) is 0. The van der Waals surface area contributed by atoms with Crippen molar-refractivity contribution in [1.29, 1.82) is 0 Å². The molecule has 0 aromatic heterocycles.